The monoisotopic (exact) mass is 558 g/mol. The molecule has 2 atom stereocenters. The molecule has 40 heavy (non-hydrogen) atoms. The van der Waals surface area contributed by atoms with Crippen LogP contribution < -0.4 is 14.2 Å². The Balaban J connectivity index is 1.81. The number of hydrogen-bond donors (Lipinski definition) is 1. The zero-order valence-electron chi connectivity index (χ0n) is 24.1. The van der Waals surface area contributed by atoms with E-state index in [0.717, 1.165) is 11.3 Å². The molecule has 0 spiro atoms. The summed E-state index contributed by atoms with van der Waals surface area (Å²) < 4.78 is 27.8. The summed E-state index contributed by atoms with van der Waals surface area (Å²) in [6, 6.07) is 12.3. The summed E-state index contributed by atoms with van der Waals surface area (Å²) in [5.74, 6) is 1.52. The minimum absolute atomic E-state index is 0.0458. The van der Waals surface area contributed by atoms with E-state index < -0.39 is 6.09 Å². The van der Waals surface area contributed by atoms with E-state index in [1.54, 1.807) is 44.4 Å². The van der Waals surface area contributed by atoms with E-state index in [2.05, 4.69) is 0 Å². The van der Waals surface area contributed by atoms with Crippen molar-refractivity contribution in [2.45, 2.75) is 45.4 Å². The van der Waals surface area contributed by atoms with Crippen molar-refractivity contribution in [1.82, 2.24) is 9.80 Å². The molecule has 0 saturated carbocycles. The van der Waals surface area contributed by atoms with Gasteiger partial charge in [0.2, 0.25) is 0 Å². The molecule has 1 N–H and O–H groups in total. The van der Waals surface area contributed by atoms with Crippen molar-refractivity contribution >= 4 is 12.0 Å². The third-order valence-electron chi connectivity index (χ3n) is 7.04. The van der Waals surface area contributed by atoms with Crippen LogP contribution in [0.1, 0.15) is 42.6 Å². The topological polar surface area (TPSA) is 107 Å². The van der Waals surface area contributed by atoms with Gasteiger partial charge in [-0.2, -0.15) is 0 Å². The Bertz CT molecular complexity index is 1110. The number of methoxy groups -OCH3 is 3. The number of carbonyl (C=O) groups is 2. The van der Waals surface area contributed by atoms with Crippen molar-refractivity contribution in [2.75, 3.05) is 54.2 Å². The summed E-state index contributed by atoms with van der Waals surface area (Å²) in [6.45, 7) is 6.24. The van der Waals surface area contributed by atoms with E-state index in [1.807, 2.05) is 38.1 Å². The molecule has 10 heteroatoms. The Morgan fingerprint density at radius 3 is 2.52 bits per heavy atom. The second-order valence-corrected chi connectivity index (χ2v) is 10.1. The molecule has 220 valence electrons. The first-order chi connectivity index (χ1) is 19.3. The SMILES string of the molecule is COCCCOc1cc(C(=O)N(C(C)C)C2CN(C(=O)O)CCC2COCc2cccc(OC)c2)ccc1OC. The van der Waals surface area contributed by atoms with E-state index in [4.69, 9.17) is 23.7 Å². The molecule has 0 aromatic heterocycles. The standard InChI is InChI=1S/C30H42N2O8/c1-21(2)32(29(33)23-10-11-27(38-5)28(17-23)40-15-7-14-36-3)26-18-31(30(34)35)13-12-24(26)20-39-19-22-8-6-9-25(16-22)37-4/h6,8-11,16-17,21,24,26H,7,12-15,18-20H2,1-5H3,(H,34,35). The van der Waals surface area contributed by atoms with E-state index in [0.29, 0.717) is 62.9 Å². The zero-order chi connectivity index (χ0) is 29.1. The van der Waals surface area contributed by atoms with Crippen molar-refractivity contribution in [1.29, 1.82) is 0 Å². The summed E-state index contributed by atoms with van der Waals surface area (Å²) in [5, 5.41) is 9.75. The normalized spacial score (nSPS) is 17.0. The quantitative estimate of drug-likeness (QED) is 0.337. The average Bonchev–Trinajstić information content (AvgIpc) is 2.95. The Kier molecular flexibility index (Phi) is 11.9. The van der Waals surface area contributed by atoms with Gasteiger partial charge in [0, 0.05) is 50.8 Å². The van der Waals surface area contributed by atoms with E-state index >= 15 is 0 Å². The number of hydrogen-bond acceptors (Lipinski definition) is 7. The summed E-state index contributed by atoms with van der Waals surface area (Å²) in [5.41, 5.74) is 1.42. The van der Waals surface area contributed by atoms with Crippen molar-refractivity contribution in [2.24, 2.45) is 5.92 Å². The number of piperidine rings is 1. The molecule has 0 bridgehead atoms. The molecular formula is C30H42N2O8. The molecule has 1 aliphatic rings. The number of likely N-dealkylation sites (tertiary alicyclic amines) is 1. The first-order valence-electron chi connectivity index (χ1n) is 13.6. The van der Waals surface area contributed by atoms with E-state index in [-0.39, 0.29) is 30.5 Å². The minimum atomic E-state index is -0.993. The Labute approximate surface area is 236 Å². The van der Waals surface area contributed by atoms with E-state index in [9.17, 15) is 14.7 Å². The third-order valence-corrected chi connectivity index (χ3v) is 7.04. The van der Waals surface area contributed by atoms with Gasteiger partial charge in [-0.3, -0.25) is 4.79 Å². The molecule has 1 heterocycles. The van der Waals surface area contributed by atoms with Crippen molar-refractivity contribution in [3.63, 3.8) is 0 Å². The average molecular weight is 559 g/mol. The molecule has 0 radical (unpaired) electrons. The van der Waals surface area contributed by atoms with Crippen LogP contribution in [0.5, 0.6) is 17.2 Å². The lowest BCUT2D eigenvalue weighted by atomic mass is 9.89. The molecule has 3 rings (SSSR count). The molecule has 1 fully saturated rings. The van der Waals surface area contributed by atoms with Crippen LogP contribution >= 0.6 is 0 Å². The molecule has 10 nitrogen and oxygen atoms in total. The first kappa shape index (κ1) is 31.0. The summed E-state index contributed by atoms with van der Waals surface area (Å²) in [4.78, 5) is 29.1. The van der Waals surface area contributed by atoms with Crippen LogP contribution in [0.3, 0.4) is 0 Å². The Morgan fingerprint density at radius 1 is 1.05 bits per heavy atom. The number of carbonyl (C=O) groups excluding carboxylic acids is 1. The van der Waals surface area contributed by atoms with Crippen molar-refractivity contribution in [3.05, 3.63) is 53.6 Å². The first-order valence-corrected chi connectivity index (χ1v) is 13.6. The van der Waals surface area contributed by atoms with Gasteiger partial charge in [0.1, 0.15) is 5.75 Å². The van der Waals surface area contributed by atoms with Gasteiger partial charge in [-0.25, -0.2) is 4.79 Å². The largest absolute Gasteiger partial charge is 0.497 e. The lowest BCUT2D eigenvalue weighted by molar-refractivity contribution is -0.00572. The highest BCUT2D eigenvalue weighted by molar-refractivity contribution is 5.95. The maximum absolute atomic E-state index is 14.0. The van der Waals surface area contributed by atoms with Gasteiger partial charge in [-0.15, -0.1) is 0 Å². The summed E-state index contributed by atoms with van der Waals surface area (Å²) in [6.07, 6.45) is 0.288. The lowest BCUT2D eigenvalue weighted by Crippen LogP contribution is -2.58. The Morgan fingerprint density at radius 2 is 1.85 bits per heavy atom. The second kappa shape index (κ2) is 15.3. The molecule has 2 unspecified atom stereocenters. The van der Waals surface area contributed by atoms with Gasteiger partial charge in [0.25, 0.3) is 5.91 Å². The predicted octanol–water partition coefficient (Wildman–Crippen LogP) is 4.56. The maximum atomic E-state index is 14.0. The zero-order valence-corrected chi connectivity index (χ0v) is 24.1. The Hall–Kier alpha value is -3.50. The van der Waals surface area contributed by atoms with Gasteiger partial charge in [-0.05, 0) is 56.2 Å². The van der Waals surface area contributed by atoms with Gasteiger partial charge in [0.15, 0.2) is 11.5 Å². The van der Waals surface area contributed by atoms with Crippen LogP contribution in [-0.2, 0) is 16.1 Å². The van der Waals surface area contributed by atoms with Gasteiger partial charge >= 0.3 is 6.09 Å². The van der Waals surface area contributed by atoms with Crippen LogP contribution in [0.2, 0.25) is 0 Å². The summed E-state index contributed by atoms with van der Waals surface area (Å²) in [7, 11) is 4.81. The highest BCUT2D eigenvalue weighted by Crippen LogP contribution is 2.31. The fourth-order valence-electron chi connectivity index (χ4n) is 4.98. The third kappa shape index (κ3) is 8.25. The highest BCUT2D eigenvalue weighted by atomic mass is 16.5. The van der Waals surface area contributed by atoms with Gasteiger partial charge < -0.3 is 38.6 Å². The number of amides is 2. The molecule has 1 saturated heterocycles. The van der Waals surface area contributed by atoms with Crippen molar-refractivity contribution < 1.29 is 38.4 Å². The molecule has 2 amide bonds. The molecule has 0 aliphatic carbocycles. The van der Waals surface area contributed by atoms with Crippen LogP contribution in [-0.4, -0.2) is 93.2 Å². The van der Waals surface area contributed by atoms with Crippen LogP contribution in [0.4, 0.5) is 4.79 Å². The molecule has 1 aliphatic heterocycles. The summed E-state index contributed by atoms with van der Waals surface area (Å²) >= 11 is 0. The van der Waals surface area contributed by atoms with Gasteiger partial charge in [-0.1, -0.05) is 12.1 Å². The number of rotatable bonds is 14. The molecule has 2 aromatic carbocycles. The second-order valence-electron chi connectivity index (χ2n) is 10.1. The number of carboxylic acid groups (broad SMARTS) is 1. The van der Waals surface area contributed by atoms with Gasteiger partial charge in [0.05, 0.1) is 40.1 Å². The molecular weight excluding hydrogens is 516 g/mol. The maximum Gasteiger partial charge on any atom is 0.407 e. The van der Waals surface area contributed by atoms with Crippen LogP contribution in [0.25, 0.3) is 0 Å². The van der Waals surface area contributed by atoms with Crippen LogP contribution in [0.15, 0.2) is 42.5 Å². The number of nitrogens with zero attached hydrogens (tertiary/aromatic N) is 2. The fraction of sp³-hybridized carbons (Fsp3) is 0.533. The minimum Gasteiger partial charge on any atom is -0.497 e. The lowest BCUT2D eigenvalue weighted by Gasteiger charge is -2.45. The number of ether oxygens (including phenoxy) is 5. The fourth-order valence-corrected chi connectivity index (χ4v) is 4.98. The van der Waals surface area contributed by atoms with Crippen LogP contribution in [0, 0.1) is 5.92 Å². The van der Waals surface area contributed by atoms with E-state index in [1.165, 1.54) is 4.90 Å². The highest BCUT2D eigenvalue weighted by Gasteiger charge is 2.39. The van der Waals surface area contributed by atoms with Crippen molar-refractivity contribution in [3.8, 4) is 17.2 Å². The predicted molar refractivity (Wildman–Crippen MR) is 150 cm³/mol. The number of benzene rings is 2. The molecule has 2 aromatic rings. The smallest absolute Gasteiger partial charge is 0.407 e.